The number of likely N-dealkylation sites (tertiary alicyclic amines) is 1. The molecule has 126 valence electrons. The maximum absolute atomic E-state index is 12.5. The summed E-state index contributed by atoms with van der Waals surface area (Å²) in [4.78, 5) is 25.3. The Kier molecular flexibility index (Phi) is 4.41. The van der Waals surface area contributed by atoms with Gasteiger partial charge in [0.05, 0.1) is 11.6 Å². The molecule has 9 heteroatoms. The van der Waals surface area contributed by atoms with Gasteiger partial charge in [-0.3, -0.25) is 4.79 Å². The summed E-state index contributed by atoms with van der Waals surface area (Å²) in [5.74, 6) is 0.277. The Hall–Kier alpha value is -2.97. The summed E-state index contributed by atoms with van der Waals surface area (Å²) in [7, 11) is 0. The Bertz CT molecular complexity index is 758. The van der Waals surface area contributed by atoms with Crippen molar-refractivity contribution in [2.45, 2.75) is 19.8 Å². The summed E-state index contributed by atoms with van der Waals surface area (Å²) in [6.07, 6.45) is 1.51. The maximum Gasteiger partial charge on any atom is 0.314 e. The number of anilines is 1. The van der Waals surface area contributed by atoms with Crippen LogP contribution < -0.4 is 11.1 Å². The van der Waals surface area contributed by atoms with Crippen molar-refractivity contribution in [1.29, 1.82) is 0 Å². The van der Waals surface area contributed by atoms with Crippen LogP contribution in [0.25, 0.3) is 5.69 Å². The molecular weight excluding hydrogens is 310 g/mol. The van der Waals surface area contributed by atoms with Crippen LogP contribution in [0, 0.1) is 12.8 Å². The summed E-state index contributed by atoms with van der Waals surface area (Å²) in [6.45, 7) is 2.76. The van der Waals surface area contributed by atoms with Gasteiger partial charge in [-0.05, 0) is 48.4 Å². The van der Waals surface area contributed by atoms with Crippen molar-refractivity contribution in [3.8, 4) is 5.69 Å². The third kappa shape index (κ3) is 3.34. The van der Waals surface area contributed by atoms with Gasteiger partial charge in [-0.15, -0.1) is 5.10 Å². The van der Waals surface area contributed by atoms with Crippen LogP contribution in [-0.2, 0) is 4.79 Å². The van der Waals surface area contributed by atoms with Crippen molar-refractivity contribution in [2.24, 2.45) is 11.7 Å². The van der Waals surface area contributed by atoms with Crippen LogP contribution in [0.2, 0.25) is 0 Å². The summed E-state index contributed by atoms with van der Waals surface area (Å²) >= 11 is 0. The number of benzene rings is 1. The lowest BCUT2D eigenvalue weighted by molar-refractivity contribution is -0.121. The number of rotatable bonds is 3. The van der Waals surface area contributed by atoms with Crippen molar-refractivity contribution < 1.29 is 9.59 Å². The number of tetrazole rings is 1. The van der Waals surface area contributed by atoms with Crippen LogP contribution in [0.3, 0.4) is 0 Å². The number of aromatic nitrogens is 4. The van der Waals surface area contributed by atoms with E-state index >= 15 is 0 Å². The van der Waals surface area contributed by atoms with Crippen LogP contribution in [0.15, 0.2) is 24.3 Å². The van der Waals surface area contributed by atoms with Gasteiger partial charge in [-0.1, -0.05) is 6.07 Å². The third-order valence-corrected chi connectivity index (χ3v) is 4.09. The number of piperidine rings is 1. The molecule has 9 nitrogen and oxygen atoms in total. The van der Waals surface area contributed by atoms with Gasteiger partial charge in [0.15, 0.2) is 5.82 Å². The van der Waals surface area contributed by atoms with Gasteiger partial charge in [0.2, 0.25) is 5.91 Å². The minimum Gasteiger partial charge on any atom is -0.351 e. The standard InChI is InChI=1S/C15H19N7O2/c1-10-18-19-20-22(10)13-6-2-5-12(8-13)17-14(23)11-4-3-7-21(9-11)15(16)24/h2,5-6,8,11H,3-4,7,9H2,1H3,(H2,16,24)(H,17,23)/t11-/m0/s1. The molecule has 1 aliphatic rings. The average molecular weight is 329 g/mol. The van der Waals surface area contributed by atoms with E-state index in [1.807, 2.05) is 12.1 Å². The molecule has 0 radical (unpaired) electrons. The number of carbonyl (C=O) groups is 2. The van der Waals surface area contributed by atoms with Crippen molar-refractivity contribution in [3.63, 3.8) is 0 Å². The fourth-order valence-electron chi connectivity index (χ4n) is 2.82. The second-order valence-electron chi connectivity index (χ2n) is 5.80. The lowest BCUT2D eigenvalue weighted by Crippen LogP contribution is -2.46. The average Bonchev–Trinajstić information content (AvgIpc) is 3.01. The Morgan fingerprint density at radius 2 is 2.21 bits per heavy atom. The largest absolute Gasteiger partial charge is 0.351 e. The molecule has 1 saturated heterocycles. The zero-order chi connectivity index (χ0) is 17.1. The molecule has 0 unspecified atom stereocenters. The van der Waals surface area contributed by atoms with Crippen LogP contribution in [0.5, 0.6) is 0 Å². The fourth-order valence-corrected chi connectivity index (χ4v) is 2.82. The predicted molar refractivity (Wildman–Crippen MR) is 86.4 cm³/mol. The molecule has 3 N–H and O–H groups in total. The van der Waals surface area contributed by atoms with Crippen LogP contribution in [-0.4, -0.2) is 50.1 Å². The first-order valence-corrected chi connectivity index (χ1v) is 7.75. The second kappa shape index (κ2) is 6.65. The molecule has 3 amide bonds. The number of amides is 3. The van der Waals surface area contributed by atoms with Crippen molar-refractivity contribution in [1.82, 2.24) is 25.1 Å². The van der Waals surface area contributed by atoms with E-state index in [0.717, 1.165) is 18.5 Å². The molecule has 3 rings (SSSR count). The number of hydrogen-bond acceptors (Lipinski definition) is 5. The summed E-state index contributed by atoms with van der Waals surface area (Å²) in [5.41, 5.74) is 6.72. The topological polar surface area (TPSA) is 119 Å². The Labute approximate surface area is 138 Å². The van der Waals surface area contributed by atoms with E-state index < -0.39 is 6.03 Å². The normalized spacial score (nSPS) is 17.5. The number of hydrogen-bond donors (Lipinski definition) is 2. The van der Waals surface area contributed by atoms with Gasteiger partial charge >= 0.3 is 6.03 Å². The van der Waals surface area contributed by atoms with Gasteiger partial charge in [0.25, 0.3) is 0 Å². The summed E-state index contributed by atoms with van der Waals surface area (Å²) in [5, 5.41) is 14.3. The van der Waals surface area contributed by atoms with Crippen molar-refractivity contribution in [3.05, 3.63) is 30.1 Å². The van der Waals surface area contributed by atoms with Crippen LogP contribution in [0.1, 0.15) is 18.7 Å². The number of urea groups is 1. The van der Waals surface area contributed by atoms with E-state index in [2.05, 4.69) is 20.8 Å². The molecule has 1 atom stereocenters. The number of nitrogens with two attached hydrogens (primary N) is 1. The predicted octanol–water partition coefficient (Wildman–Crippen LogP) is 0.700. The zero-order valence-corrected chi connectivity index (χ0v) is 13.3. The van der Waals surface area contributed by atoms with Crippen LogP contribution in [0.4, 0.5) is 10.5 Å². The van der Waals surface area contributed by atoms with Crippen molar-refractivity contribution >= 4 is 17.6 Å². The van der Waals surface area contributed by atoms with E-state index in [0.29, 0.717) is 24.6 Å². The fraction of sp³-hybridized carbons (Fsp3) is 0.400. The van der Waals surface area contributed by atoms with E-state index in [1.165, 1.54) is 4.90 Å². The molecule has 2 heterocycles. The first kappa shape index (κ1) is 15.9. The highest BCUT2D eigenvalue weighted by Gasteiger charge is 2.27. The van der Waals surface area contributed by atoms with Gasteiger partial charge in [0.1, 0.15) is 0 Å². The summed E-state index contributed by atoms with van der Waals surface area (Å²) < 4.78 is 1.59. The first-order chi connectivity index (χ1) is 11.5. The number of nitrogens with one attached hydrogen (secondary N) is 1. The number of primary amides is 1. The van der Waals surface area contributed by atoms with E-state index in [1.54, 1.807) is 23.7 Å². The minimum atomic E-state index is -0.483. The molecule has 2 aromatic rings. The van der Waals surface area contributed by atoms with Crippen molar-refractivity contribution in [2.75, 3.05) is 18.4 Å². The van der Waals surface area contributed by atoms with E-state index in [-0.39, 0.29) is 11.8 Å². The molecule has 1 aromatic heterocycles. The molecule has 1 aliphatic heterocycles. The van der Waals surface area contributed by atoms with E-state index in [9.17, 15) is 9.59 Å². The smallest absolute Gasteiger partial charge is 0.314 e. The summed E-state index contributed by atoms with van der Waals surface area (Å²) in [6, 6.07) is 6.80. The Balaban J connectivity index is 1.71. The maximum atomic E-state index is 12.5. The number of carbonyl (C=O) groups excluding carboxylic acids is 2. The molecular formula is C15H19N7O2. The van der Waals surface area contributed by atoms with Crippen LogP contribution >= 0.6 is 0 Å². The Morgan fingerprint density at radius 3 is 2.92 bits per heavy atom. The Morgan fingerprint density at radius 1 is 1.38 bits per heavy atom. The molecule has 24 heavy (non-hydrogen) atoms. The van der Waals surface area contributed by atoms with Gasteiger partial charge in [-0.25, -0.2) is 4.79 Å². The molecule has 0 aliphatic carbocycles. The molecule has 0 spiro atoms. The third-order valence-electron chi connectivity index (χ3n) is 4.09. The molecule has 1 aromatic carbocycles. The lowest BCUT2D eigenvalue weighted by atomic mass is 9.97. The second-order valence-corrected chi connectivity index (χ2v) is 5.80. The molecule has 0 saturated carbocycles. The van der Waals surface area contributed by atoms with Gasteiger partial charge < -0.3 is 16.0 Å². The van der Waals surface area contributed by atoms with E-state index in [4.69, 9.17) is 5.73 Å². The van der Waals surface area contributed by atoms with Gasteiger partial charge in [0, 0.05) is 18.8 Å². The first-order valence-electron chi connectivity index (χ1n) is 7.75. The minimum absolute atomic E-state index is 0.119. The zero-order valence-electron chi connectivity index (χ0n) is 13.3. The number of aryl methyl sites for hydroxylation is 1. The monoisotopic (exact) mass is 329 g/mol. The molecule has 0 bridgehead atoms. The highest BCUT2D eigenvalue weighted by atomic mass is 16.2. The van der Waals surface area contributed by atoms with Gasteiger partial charge in [-0.2, -0.15) is 4.68 Å². The highest BCUT2D eigenvalue weighted by molar-refractivity contribution is 5.93. The SMILES string of the molecule is Cc1nnnn1-c1cccc(NC(=O)[C@H]2CCCN(C(N)=O)C2)c1. The highest BCUT2D eigenvalue weighted by Crippen LogP contribution is 2.20. The lowest BCUT2D eigenvalue weighted by Gasteiger charge is -2.30. The quantitative estimate of drug-likeness (QED) is 0.859. The number of nitrogens with zero attached hydrogens (tertiary/aromatic N) is 5. The molecule has 1 fully saturated rings.